The number of nitrogens with two attached hydrogens (primary N) is 1. The molecule has 0 spiro atoms. The monoisotopic (exact) mass is 413 g/mol. The van der Waals surface area contributed by atoms with Gasteiger partial charge in [0.2, 0.25) is 5.91 Å². The average Bonchev–Trinajstić information content (AvgIpc) is 3.21. The number of carboxylic acid groups (broad SMARTS) is 1. The molecular formula is C17H17F2N3O3S2. The predicted octanol–water partition coefficient (Wildman–Crippen LogP) is 2.90. The summed E-state index contributed by atoms with van der Waals surface area (Å²) in [5.41, 5.74) is 6.51. The average molecular weight is 413 g/mol. The molecule has 1 aliphatic rings. The molecule has 6 nitrogen and oxygen atoms in total. The molecule has 0 bridgehead atoms. The zero-order chi connectivity index (χ0) is 19.6. The van der Waals surface area contributed by atoms with Gasteiger partial charge in [-0.25, -0.2) is 18.6 Å². The summed E-state index contributed by atoms with van der Waals surface area (Å²) in [7, 11) is 0. The van der Waals surface area contributed by atoms with Crippen LogP contribution >= 0.6 is 23.1 Å². The summed E-state index contributed by atoms with van der Waals surface area (Å²) in [6, 6.07) is 2.12. The second kappa shape index (κ2) is 8.32. The molecule has 27 heavy (non-hydrogen) atoms. The molecule has 3 rings (SSSR count). The number of rotatable bonds is 7. The highest BCUT2D eigenvalue weighted by Crippen LogP contribution is 2.30. The standard InChI is InChI=1S/C17H17F2N3O3S2/c18-10-5-9(6-11(19)7-10)15(20)13-1-2-14(23)22(13)3-4-26-17-21-12(8-27-17)16(24)25/h5-8,13,15H,1-4,20H2,(H,24,25)/t13-,15?/m1/s1. The van der Waals surface area contributed by atoms with Crippen LogP contribution < -0.4 is 5.73 Å². The van der Waals surface area contributed by atoms with E-state index in [1.165, 1.54) is 40.6 Å². The zero-order valence-electron chi connectivity index (χ0n) is 14.1. The van der Waals surface area contributed by atoms with Gasteiger partial charge in [0, 0.05) is 30.2 Å². The number of benzene rings is 1. The molecule has 1 aromatic carbocycles. The van der Waals surface area contributed by atoms with Gasteiger partial charge in [0.05, 0.1) is 12.1 Å². The van der Waals surface area contributed by atoms with Gasteiger partial charge in [0.15, 0.2) is 10.0 Å². The highest BCUT2D eigenvalue weighted by atomic mass is 32.2. The zero-order valence-corrected chi connectivity index (χ0v) is 15.7. The van der Waals surface area contributed by atoms with Gasteiger partial charge in [0.1, 0.15) is 11.6 Å². The molecule has 0 saturated carbocycles. The van der Waals surface area contributed by atoms with Crippen molar-refractivity contribution in [3.8, 4) is 0 Å². The number of hydrogen-bond donors (Lipinski definition) is 2. The number of likely N-dealkylation sites (tertiary alicyclic amines) is 1. The Morgan fingerprint density at radius 1 is 1.41 bits per heavy atom. The molecule has 2 atom stereocenters. The Balaban J connectivity index is 1.64. The normalized spacial score (nSPS) is 18.1. The fraction of sp³-hybridized carbons (Fsp3) is 0.353. The van der Waals surface area contributed by atoms with E-state index < -0.39 is 23.6 Å². The molecule has 1 saturated heterocycles. The van der Waals surface area contributed by atoms with Crippen LogP contribution in [0, 0.1) is 11.6 Å². The van der Waals surface area contributed by atoms with E-state index in [9.17, 15) is 18.4 Å². The number of amides is 1. The summed E-state index contributed by atoms with van der Waals surface area (Å²) in [6.07, 6.45) is 0.852. The van der Waals surface area contributed by atoms with Crippen LogP contribution in [0.15, 0.2) is 27.9 Å². The minimum absolute atomic E-state index is 0.00669. The van der Waals surface area contributed by atoms with Gasteiger partial charge < -0.3 is 15.7 Å². The van der Waals surface area contributed by atoms with Crippen molar-refractivity contribution in [3.05, 3.63) is 46.5 Å². The van der Waals surface area contributed by atoms with Crippen molar-refractivity contribution >= 4 is 35.0 Å². The summed E-state index contributed by atoms with van der Waals surface area (Å²) in [4.78, 5) is 28.7. The number of aromatic carboxylic acids is 1. The Labute approximate surface area is 162 Å². The number of thioether (sulfide) groups is 1. The quantitative estimate of drug-likeness (QED) is 0.678. The number of aromatic nitrogens is 1. The predicted molar refractivity (Wildman–Crippen MR) is 97.8 cm³/mol. The Bertz CT molecular complexity index is 841. The number of hydrogen-bond acceptors (Lipinski definition) is 6. The third kappa shape index (κ3) is 4.63. The molecular weight excluding hydrogens is 396 g/mol. The number of nitrogens with zero attached hydrogens (tertiary/aromatic N) is 2. The van der Waals surface area contributed by atoms with Crippen molar-refractivity contribution in [3.63, 3.8) is 0 Å². The van der Waals surface area contributed by atoms with Crippen molar-refractivity contribution in [1.82, 2.24) is 9.88 Å². The minimum Gasteiger partial charge on any atom is -0.476 e. The fourth-order valence-corrected chi connectivity index (χ4v) is 4.87. The van der Waals surface area contributed by atoms with Crippen LogP contribution in [0.3, 0.4) is 0 Å². The largest absolute Gasteiger partial charge is 0.476 e. The summed E-state index contributed by atoms with van der Waals surface area (Å²) in [5.74, 6) is -2.03. The van der Waals surface area contributed by atoms with Gasteiger partial charge >= 0.3 is 5.97 Å². The van der Waals surface area contributed by atoms with Gasteiger partial charge in [-0.15, -0.1) is 11.3 Å². The van der Waals surface area contributed by atoms with E-state index in [1.54, 1.807) is 4.90 Å². The number of carbonyl (C=O) groups excluding carboxylic acids is 1. The minimum atomic E-state index is -1.08. The van der Waals surface area contributed by atoms with Crippen LogP contribution in [0.25, 0.3) is 0 Å². The summed E-state index contributed by atoms with van der Waals surface area (Å²) in [5, 5.41) is 10.3. The lowest BCUT2D eigenvalue weighted by atomic mass is 9.98. The first-order chi connectivity index (χ1) is 12.8. The Hall–Kier alpha value is -2.04. The van der Waals surface area contributed by atoms with E-state index in [0.29, 0.717) is 35.0 Å². The van der Waals surface area contributed by atoms with Crippen molar-refractivity contribution in [2.45, 2.75) is 29.3 Å². The molecule has 1 fully saturated rings. The maximum Gasteiger partial charge on any atom is 0.355 e. The smallest absolute Gasteiger partial charge is 0.355 e. The number of halogens is 2. The number of thiazole rings is 1. The highest BCUT2D eigenvalue weighted by molar-refractivity contribution is 8.01. The van der Waals surface area contributed by atoms with Crippen LogP contribution in [0.1, 0.15) is 34.9 Å². The van der Waals surface area contributed by atoms with Gasteiger partial charge in [-0.3, -0.25) is 4.79 Å². The number of carboxylic acids is 1. The van der Waals surface area contributed by atoms with E-state index >= 15 is 0 Å². The van der Waals surface area contributed by atoms with Gasteiger partial charge in [0.25, 0.3) is 0 Å². The lowest BCUT2D eigenvalue weighted by Crippen LogP contribution is -2.41. The lowest BCUT2D eigenvalue weighted by molar-refractivity contribution is -0.128. The SMILES string of the molecule is NC(c1cc(F)cc(F)c1)[C@H]1CCC(=O)N1CCSc1nc(C(=O)O)cs1. The van der Waals surface area contributed by atoms with Gasteiger partial charge in [-0.1, -0.05) is 11.8 Å². The van der Waals surface area contributed by atoms with Crippen LogP contribution in [0.4, 0.5) is 8.78 Å². The van der Waals surface area contributed by atoms with Crippen molar-refractivity contribution in [2.75, 3.05) is 12.3 Å². The summed E-state index contributed by atoms with van der Waals surface area (Å²) in [6.45, 7) is 0.391. The highest BCUT2D eigenvalue weighted by Gasteiger charge is 2.35. The van der Waals surface area contributed by atoms with Crippen molar-refractivity contribution in [2.24, 2.45) is 5.73 Å². The molecule has 0 aliphatic carbocycles. The molecule has 1 aliphatic heterocycles. The maximum atomic E-state index is 13.5. The van der Waals surface area contributed by atoms with Gasteiger partial charge in [-0.2, -0.15) is 0 Å². The van der Waals surface area contributed by atoms with Crippen molar-refractivity contribution in [1.29, 1.82) is 0 Å². The molecule has 1 aromatic heterocycles. The molecule has 1 amide bonds. The Kier molecular flexibility index (Phi) is 6.08. The van der Waals surface area contributed by atoms with Crippen LogP contribution in [-0.2, 0) is 4.79 Å². The van der Waals surface area contributed by atoms with E-state index in [1.807, 2.05) is 0 Å². The first kappa shape index (κ1) is 19.7. The third-order valence-corrected chi connectivity index (χ3v) is 6.32. The summed E-state index contributed by atoms with van der Waals surface area (Å²) >= 11 is 2.58. The Morgan fingerprint density at radius 2 is 2.11 bits per heavy atom. The van der Waals surface area contributed by atoms with Crippen LogP contribution in [0.5, 0.6) is 0 Å². The van der Waals surface area contributed by atoms with Crippen molar-refractivity contribution < 1.29 is 23.5 Å². The molecule has 2 heterocycles. The lowest BCUT2D eigenvalue weighted by Gasteiger charge is -2.29. The van der Waals surface area contributed by atoms with Gasteiger partial charge in [-0.05, 0) is 24.1 Å². The van der Waals surface area contributed by atoms with E-state index in [0.717, 1.165) is 6.07 Å². The second-order valence-electron chi connectivity index (χ2n) is 6.07. The maximum absolute atomic E-state index is 13.5. The fourth-order valence-electron chi connectivity index (χ4n) is 3.06. The summed E-state index contributed by atoms with van der Waals surface area (Å²) < 4.78 is 27.5. The Morgan fingerprint density at radius 3 is 2.74 bits per heavy atom. The second-order valence-corrected chi connectivity index (χ2v) is 8.27. The third-order valence-electron chi connectivity index (χ3n) is 4.32. The number of carbonyl (C=O) groups is 2. The first-order valence-corrected chi connectivity index (χ1v) is 10.0. The topological polar surface area (TPSA) is 96.5 Å². The molecule has 10 heteroatoms. The molecule has 3 N–H and O–H groups in total. The van der Waals surface area contributed by atoms with E-state index in [2.05, 4.69) is 4.98 Å². The first-order valence-electron chi connectivity index (χ1n) is 8.18. The molecule has 1 unspecified atom stereocenters. The van der Waals surface area contributed by atoms with E-state index in [4.69, 9.17) is 10.8 Å². The molecule has 144 valence electrons. The molecule has 0 radical (unpaired) electrons. The van der Waals surface area contributed by atoms with Crippen LogP contribution in [0.2, 0.25) is 0 Å². The van der Waals surface area contributed by atoms with Crippen LogP contribution in [-0.4, -0.2) is 45.2 Å². The molecule has 2 aromatic rings. The van der Waals surface area contributed by atoms with E-state index in [-0.39, 0.29) is 17.6 Å².